The van der Waals surface area contributed by atoms with Crippen molar-refractivity contribution in [1.82, 2.24) is 14.5 Å². The van der Waals surface area contributed by atoms with Crippen LogP contribution in [0.1, 0.15) is 50.7 Å². The van der Waals surface area contributed by atoms with E-state index in [9.17, 15) is 13.6 Å². The smallest absolute Gasteiger partial charge is 0.237 e. The van der Waals surface area contributed by atoms with E-state index in [1.165, 1.54) is 24.3 Å². The predicted molar refractivity (Wildman–Crippen MR) is 132 cm³/mol. The van der Waals surface area contributed by atoms with Gasteiger partial charge in [-0.05, 0) is 57.0 Å². The molecule has 4 rings (SSSR count). The number of nitrogens with two attached hydrogens (primary N) is 1. The zero-order valence-corrected chi connectivity index (χ0v) is 21.0. The van der Waals surface area contributed by atoms with Crippen LogP contribution in [0.2, 0.25) is 5.02 Å². The van der Waals surface area contributed by atoms with Crippen molar-refractivity contribution in [2.24, 2.45) is 5.73 Å². The van der Waals surface area contributed by atoms with Crippen LogP contribution in [0, 0.1) is 18.6 Å². The van der Waals surface area contributed by atoms with Gasteiger partial charge in [-0.25, -0.2) is 13.8 Å². The number of carbonyl (C=O) groups is 1. The summed E-state index contributed by atoms with van der Waals surface area (Å²) in [6, 6.07) is 10.7. The van der Waals surface area contributed by atoms with E-state index in [2.05, 4.69) is 18.4 Å². The van der Waals surface area contributed by atoms with Gasteiger partial charge in [-0.15, -0.1) is 0 Å². The van der Waals surface area contributed by atoms with Crippen molar-refractivity contribution in [2.45, 2.75) is 52.6 Å². The van der Waals surface area contributed by atoms with Crippen molar-refractivity contribution in [3.8, 4) is 11.3 Å². The number of carbonyl (C=O) groups excluding carboxylic acids is 1. The monoisotopic (exact) mass is 488 g/mol. The molecule has 0 aliphatic carbocycles. The molecule has 182 valence electrons. The second kappa shape index (κ2) is 10.2. The van der Waals surface area contributed by atoms with Crippen LogP contribution in [-0.4, -0.2) is 33.4 Å². The summed E-state index contributed by atoms with van der Waals surface area (Å²) in [5, 5.41) is 0.329. The molecule has 2 aromatic carbocycles. The number of hydrogen-bond acceptors (Lipinski definition) is 3. The van der Waals surface area contributed by atoms with Gasteiger partial charge in [0.15, 0.2) is 0 Å². The van der Waals surface area contributed by atoms with Gasteiger partial charge in [0.25, 0.3) is 0 Å². The molecule has 0 fully saturated rings. The average Bonchev–Trinajstić information content (AvgIpc) is 3.17. The molecule has 0 saturated heterocycles. The first-order chi connectivity index (χ1) is 16.0. The Hall–Kier alpha value is -2.77. The molecule has 0 unspecified atom stereocenters. The number of fused-ring (bicyclic) bond motifs is 1. The number of hydrogen-bond donors (Lipinski definition) is 1. The standard InChI is InChI=1S/C19H24ClFN4O.C7H7F/c1-11(2)17-16(13-6-5-12(21)9-14(13)20)23-18-19(3,4)25(15(26)10-22)8-7-24(17)18;1-6-2-4-7(8)5-3-6/h5-6,9,11H,7-8,10,22H2,1-4H3;2-5H,1H3. The van der Waals surface area contributed by atoms with Crippen LogP contribution >= 0.6 is 11.6 Å². The van der Waals surface area contributed by atoms with Crippen LogP contribution in [0.15, 0.2) is 42.5 Å². The summed E-state index contributed by atoms with van der Waals surface area (Å²) >= 11 is 6.31. The normalized spacial score (nSPS) is 14.5. The Morgan fingerprint density at radius 2 is 1.74 bits per heavy atom. The second-order valence-corrected chi connectivity index (χ2v) is 9.61. The molecule has 0 spiro atoms. The van der Waals surface area contributed by atoms with Gasteiger partial charge < -0.3 is 15.2 Å². The molecule has 2 heterocycles. The predicted octanol–water partition coefficient (Wildman–Crippen LogP) is 5.64. The lowest BCUT2D eigenvalue weighted by molar-refractivity contribution is -0.137. The third-order valence-electron chi connectivity index (χ3n) is 6.00. The Balaban J connectivity index is 0.000000343. The fraction of sp³-hybridized carbons (Fsp3) is 0.385. The van der Waals surface area contributed by atoms with Gasteiger partial charge >= 0.3 is 0 Å². The third-order valence-corrected chi connectivity index (χ3v) is 6.31. The van der Waals surface area contributed by atoms with E-state index >= 15 is 0 Å². The van der Waals surface area contributed by atoms with Crippen LogP contribution in [0.25, 0.3) is 11.3 Å². The molecule has 34 heavy (non-hydrogen) atoms. The van der Waals surface area contributed by atoms with E-state index in [1.54, 1.807) is 23.1 Å². The highest BCUT2D eigenvalue weighted by molar-refractivity contribution is 6.33. The first-order valence-electron chi connectivity index (χ1n) is 11.3. The number of rotatable bonds is 3. The fourth-order valence-electron chi connectivity index (χ4n) is 4.30. The van der Waals surface area contributed by atoms with Crippen molar-refractivity contribution < 1.29 is 13.6 Å². The SMILES string of the molecule is CC(C)c1c(-c2ccc(F)cc2Cl)nc2n1CCN(C(=O)CN)C2(C)C.Cc1ccc(F)cc1. The van der Waals surface area contributed by atoms with Crippen LogP contribution in [0.4, 0.5) is 8.78 Å². The second-order valence-electron chi connectivity index (χ2n) is 9.20. The topological polar surface area (TPSA) is 64.2 Å². The minimum absolute atomic E-state index is 0.0299. The Kier molecular flexibility index (Phi) is 7.78. The zero-order chi connectivity index (χ0) is 25.2. The highest BCUT2D eigenvalue weighted by atomic mass is 35.5. The highest BCUT2D eigenvalue weighted by Crippen LogP contribution is 2.40. The summed E-state index contributed by atoms with van der Waals surface area (Å²) in [7, 11) is 0. The number of aromatic nitrogens is 2. The van der Waals surface area contributed by atoms with Gasteiger partial charge in [-0.2, -0.15) is 0 Å². The maximum absolute atomic E-state index is 13.5. The van der Waals surface area contributed by atoms with Gasteiger partial charge in [0, 0.05) is 24.3 Å². The molecule has 2 N–H and O–H groups in total. The lowest BCUT2D eigenvalue weighted by atomic mass is 9.98. The molecule has 1 aliphatic rings. The first-order valence-corrected chi connectivity index (χ1v) is 11.6. The van der Waals surface area contributed by atoms with Crippen molar-refractivity contribution in [3.05, 3.63) is 76.2 Å². The fourth-order valence-corrected chi connectivity index (χ4v) is 4.56. The average molecular weight is 489 g/mol. The van der Waals surface area contributed by atoms with Crippen LogP contribution in [0.5, 0.6) is 0 Å². The van der Waals surface area contributed by atoms with Crippen LogP contribution in [0.3, 0.4) is 0 Å². The summed E-state index contributed by atoms with van der Waals surface area (Å²) in [5.41, 5.74) is 8.56. The quantitative estimate of drug-likeness (QED) is 0.519. The molecule has 1 aliphatic heterocycles. The summed E-state index contributed by atoms with van der Waals surface area (Å²) in [5.74, 6) is 0.339. The van der Waals surface area contributed by atoms with Crippen molar-refractivity contribution >= 4 is 17.5 Å². The number of imidazole rings is 1. The molecule has 0 saturated carbocycles. The molecule has 0 atom stereocenters. The van der Waals surface area contributed by atoms with Gasteiger partial charge in [-0.1, -0.05) is 43.1 Å². The molecule has 0 radical (unpaired) electrons. The molecule has 8 heteroatoms. The summed E-state index contributed by atoms with van der Waals surface area (Å²) < 4.78 is 27.7. The van der Waals surface area contributed by atoms with E-state index in [0.29, 0.717) is 23.7 Å². The number of amides is 1. The molecular weight excluding hydrogens is 458 g/mol. The lowest BCUT2D eigenvalue weighted by Crippen LogP contribution is -2.53. The number of aryl methyl sites for hydroxylation is 1. The van der Waals surface area contributed by atoms with E-state index in [4.69, 9.17) is 22.3 Å². The Morgan fingerprint density at radius 3 is 2.26 bits per heavy atom. The minimum Gasteiger partial charge on any atom is -0.327 e. The molecule has 1 amide bonds. The van der Waals surface area contributed by atoms with Crippen LogP contribution < -0.4 is 5.73 Å². The van der Waals surface area contributed by atoms with Crippen LogP contribution in [-0.2, 0) is 16.9 Å². The summed E-state index contributed by atoms with van der Waals surface area (Å²) in [6.07, 6.45) is 0. The highest BCUT2D eigenvalue weighted by Gasteiger charge is 2.41. The Morgan fingerprint density at radius 1 is 1.12 bits per heavy atom. The summed E-state index contributed by atoms with van der Waals surface area (Å²) in [6.45, 7) is 11.2. The van der Waals surface area contributed by atoms with E-state index < -0.39 is 5.54 Å². The van der Waals surface area contributed by atoms with E-state index in [-0.39, 0.29) is 30.0 Å². The molecule has 0 bridgehead atoms. The third kappa shape index (κ3) is 5.15. The number of halogens is 3. The molecular formula is C26H31ClF2N4O. The van der Waals surface area contributed by atoms with E-state index in [1.807, 2.05) is 20.8 Å². The lowest BCUT2D eigenvalue weighted by Gasteiger charge is -2.42. The van der Waals surface area contributed by atoms with Gasteiger partial charge in [0.1, 0.15) is 17.5 Å². The minimum atomic E-state index is -0.594. The molecule has 1 aromatic heterocycles. The van der Waals surface area contributed by atoms with Crippen molar-refractivity contribution in [3.63, 3.8) is 0 Å². The van der Waals surface area contributed by atoms with Crippen molar-refractivity contribution in [1.29, 1.82) is 0 Å². The summed E-state index contributed by atoms with van der Waals surface area (Å²) in [4.78, 5) is 18.9. The zero-order valence-electron chi connectivity index (χ0n) is 20.2. The largest absolute Gasteiger partial charge is 0.327 e. The van der Waals surface area contributed by atoms with Crippen molar-refractivity contribution in [2.75, 3.05) is 13.1 Å². The van der Waals surface area contributed by atoms with E-state index in [0.717, 1.165) is 22.8 Å². The van der Waals surface area contributed by atoms with Gasteiger partial charge in [0.2, 0.25) is 5.91 Å². The first kappa shape index (κ1) is 25.8. The molecule has 5 nitrogen and oxygen atoms in total. The maximum Gasteiger partial charge on any atom is 0.237 e. The van der Waals surface area contributed by atoms with Gasteiger partial charge in [-0.3, -0.25) is 4.79 Å². The van der Waals surface area contributed by atoms with Gasteiger partial charge in [0.05, 0.1) is 22.8 Å². The Labute approximate surface area is 204 Å². The molecule has 3 aromatic rings. The number of nitrogens with zero attached hydrogens (tertiary/aromatic N) is 3. The maximum atomic E-state index is 13.5. The Bertz CT molecular complexity index is 1150. The number of benzene rings is 2.